The Morgan fingerprint density at radius 3 is 2.70 bits per heavy atom. The molecule has 1 aromatic carbocycles. The van der Waals surface area contributed by atoms with Gasteiger partial charge in [0, 0.05) is 23.9 Å². The highest BCUT2D eigenvalue weighted by molar-refractivity contribution is 5.76. The molecule has 27 heavy (non-hydrogen) atoms. The lowest BCUT2D eigenvalue weighted by Gasteiger charge is -2.12. The van der Waals surface area contributed by atoms with Crippen LogP contribution in [0.15, 0.2) is 42.9 Å². The highest BCUT2D eigenvalue weighted by Crippen LogP contribution is 2.32. The molecule has 0 amide bonds. The fourth-order valence-corrected chi connectivity index (χ4v) is 2.57. The SMILES string of the molecule is COc1cc(Nc2ccc3ncc(-c4cn[nH]c4)nc3n2)c(F)c(OC)c1. The normalized spacial score (nSPS) is 10.8. The van der Waals surface area contributed by atoms with Gasteiger partial charge in [-0.05, 0) is 12.1 Å². The highest BCUT2D eigenvalue weighted by Gasteiger charge is 2.13. The van der Waals surface area contributed by atoms with Crippen molar-refractivity contribution in [3.8, 4) is 22.8 Å². The van der Waals surface area contributed by atoms with Gasteiger partial charge in [-0.15, -0.1) is 0 Å². The van der Waals surface area contributed by atoms with Crippen molar-refractivity contribution < 1.29 is 13.9 Å². The highest BCUT2D eigenvalue weighted by atomic mass is 19.1. The second-order valence-electron chi connectivity index (χ2n) is 5.60. The molecule has 2 N–H and O–H groups in total. The first-order valence-electron chi connectivity index (χ1n) is 7.99. The van der Waals surface area contributed by atoms with Crippen LogP contribution in [-0.4, -0.2) is 39.4 Å². The van der Waals surface area contributed by atoms with E-state index in [0.717, 1.165) is 5.56 Å². The van der Waals surface area contributed by atoms with E-state index >= 15 is 0 Å². The Balaban J connectivity index is 1.72. The molecule has 0 atom stereocenters. The number of aromatic amines is 1. The first-order chi connectivity index (χ1) is 13.2. The van der Waals surface area contributed by atoms with Gasteiger partial charge in [0.25, 0.3) is 0 Å². The third-order valence-electron chi connectivity index (χ3n) is 3.93. The Morgan fingerprint density at radius 1 is 1.07 bits per heavy atom. The summed E-state index contributed by atoms with van der Waals surface area (Å²) in [7, 11) is 2.89. The molecule has 0 radical (unpaired) electrons. The number of ether oxygens (including phenoxy) is 2. The van der Waals surface area contributed by atoms with Gasteiger partial charge in [-0.2, -0.15) is 5.10 Å². The van der Waals surface area contributed by atoms with Gasteiger partial charge >= 0.3 is 0 Å². The van der Waals surface area contributed by atoms with Crippen molar-refractivity contribution in [1.29, 1.82) is 0 Å². The number of nitrogens with zero attached hydrogens (tertiary/aromatic N) is 4. The third-order valence-corrected chi connectivity index (χ3v) is 3.93. The number of benzene rings is 1. The van der Waals surface area contributed by atoms with Crippen molar-refractivity contribution in [2.24, 2.45) is 0 Å². The summed E-state index contributed by atoms with van der Waals surface area (Å²) >= 11 is 0. The molecular weight excluding hydrogens is 351 g/mol. The van der Waals surface area contributed by atoms with Crippen LogP contribution < -0.4 is 14.8 Å². The van der Waals surface area contributed by atoms with E-state index in [1.807, 2.05) is 0 Å². The maximum atomic E-state index is 14.5. The maximum absolute atomic E-state index is 14.5. The lowest BCUT2D eigenvalue weighted by Crippen LogP contribution is -2.01. The molecule has 4 rings (SSSR count). The summed E-state index contributed by atoms with van der Waals surface area (Å²) < 4.78 is 24.8. The Labute approximate surface area is 153 Å². The molecule has 0 aliphatic heterocycles. The predicted octanol–water partition coefficient (Wildman–Crippen LogP) is 3.31. The van der Waals surface area contributed by atoms with Gasteiger partial charge < -0.3 is 14.8 Å². The van der Waals surface area contributed by atoms with Crippen LogP contribution in [0.2, 0.25) is 0 Å². The van der Waals surface area contributed by atoms with Crippen LogP contribution in [0.5, 0.6) is 11.5 Å². The maximum Gasteiger partial charge on any atom is 0.188 e. The second-order valence-corrected chi connectivity index (χ2v) is 5.60. The molecule has 9 heteroatoms. The number of fused-ring (bicyclic) bond motifs is 1. The third kappa shape index (κ3) is 3.22. The van der Waals surface area contributed by atoms with Crippen LogP contribution in [0.25, 0.3) is 22.4 Å². The van der Waals surface area contributed by atoms with Crippen LogP contribution in [0.3, 0.4) is 0 Å². The second kappa shape index (κ2) is 6.87. The van der Waals surface area contributed by atoms with Gasteiger partial charge in [0.05, 0.1) is 38.0 Å². The van der Waals surface area contributed by atoms with E-state index in [2.05, 4.69) is 30.5 Å². The summed E-state index contributed by atoms with van der Waals surface area (Å²) in [5.41, 5.74) is 2.66. The van der Waals surface area contributed by atoms with Crippen molar-refractivity contribution in [1.82, 2.24) is 25.1 Å². The quantitative estimate of drug-likeness (QED) is 0.559. The molecule has 0 saturated heterocycles. The zero-order valence-corrected chi connectivity index (χ0v) is 14.5. The molecule has 0 fully saturated rings. The van der Waals surface area contributed by atoms with Gasteiger partial charge in [0.1, 0.15) is 17.1 Å². The van der Waals surface area contributed by atoms with E-state index in [-0.39, 0.29) is 11.4 Å². The van der Waals surface area contributed by atoms with Gasteiger partial charge in [-0.1, -0.05) is 0 Å². The summed E-state index contributed by atoms with van der Waals surface area (Å²) in [6.45, 7) is 0. The molecule has 0 bridgehead atoms. The fraction of sp³-hybridized carbons (Fsp3) is 0.111. The Hall–Kier alpha value is -3.75. The molecule has 0 aliphatic carbocycles. The first-order valence-corrected chi connectivity index (χ1v) is 7.99. The number of methoxy groups -OCH3 is 2. The van der Waals surface area contributed by atoms with Crippen molar-refractivity contribution in [2.75, 3.05) is 19.5 Å². The number of pyridine rings is 1. The molecule has 0 unspecified atom stereocenters. The van der Waals surface area contributed by atoms with E-state index in [1.54, 1.807) is 30.7 Å². The summed E-state index contributed by atoms with van der Waals surface area (Å²) in [4.78, 5) is 13.3. The largest absolute Gasteiger partial charge is 0.497 e. The lowest BCUT2D eigenvalue weighted by molar-refractivity contribution is 0.375. The van der Waals surface area contributed by atoms with E-state index < -0.39 is 5.82 Å². The van der Waals surface area contributed by atoms with Gasteiger partial charge in [0.15, 0.2) is 17.2 Å². The Kier molecular flexibility index (Phi) is 4.25. The monoisotopic (exact) mass is 366 g/mol. The summed E-state index contributed by atoms with van der Waals surface area (Å²) in [6, 6.07) is 6.44. The summed E-state index contributed by atoms with van der Waals surface area (Å²) in [5, 5.41) is 9.57. The van der Waals surface area contributed by atoms with Gasteiger partial charge in [-0.25, -0.2) is 14.4 Å². The molecule has 0 aliphatic rings. The number of halogens is 1. The molecular formula is C18H15FN6O2. The van der Waals surface area contributed by atoms with E-state index in [9.17, 15) is 4.39 Å². The molecule has 3 heterocycles. The predicted molar refractivity (Wildman–Crippen MR) is 97.7 cm³/mol. The lowest BCUT2D eigenvalue weighted by atomic mass is 10.2. The summed E-state index contributed by atoms with van der Waals surface area (Å²) in [5.74, 6) is 0.395. The Morgan fingerprint density at radius 2 is 1.96 bits per heavy atom. The summed E-state index contributed by atoms with van der Waals surface area (Å²) in [6.07, 6.45) is 5.01. The number of nitrogens with one attached hydrogen (secondary N) is 2. The van der Waals surface area contributed by atoms with Crippen molar-refractivity contribution in [2.45, 2.75) is 0 Å². The fourth-order valence-electron chi connectivity index (χ4n) is 2.57. The topological polar surface area (TPSA) is 97.8 Å². The van der Waals surface area contributed by atoms with E-state index in [4.69, 9.17) is 9.47 Å². The van der Waals surface area contributed by atoms with Gasteiger partial charge in [0.2, 0.25) is 0 Å². The van der Waals surface area contributed by atoms with Crippen LogP contribution in [0.4, 0.5) is 15.9 Å². The van der Waals surface area contributed by atoms with Gasteiger partial charge in [-0.3, -0.25) is 10.1 Å². The molecule has 4 aromatic rings. The zero-order valence-electron chi connectivity index (χ0n) is 14.5. The minimum absolute atomic E-state index is 0.0691. The molecule has 0 saturated carbocycles. The van der Waals surface area contributed by atoms with E-state index in [1.165, 1.54) is 26.4 Å². The number of rotatable bonds is 5. The minimum atomic E-state index is -0.543. The minimum Gasteiger partial charge on any atom is -0.497 e. The Bertz CT molecular complexity index is 1100. The molecule has 0 spiro atoms. The number of H-pyrrole nitrogens is 1. The smallest absolute Gasteiger partial charge is 0.188 e. The zero-order chi connectivity index (χ0) is 18.8. The van der Waals surface area contributed by atoms with Crippen molar-refractivity contribution in [3.63, 3.8) is 0 Å². The molecule has 8 nitrogen and oxygen atoms in total. The first kappa shape index (κ1) is 16.7. The number of hydrogen-bond donors (Lipinski definition) is 2. The van der Waals surface area contributed by atoms with E-state index in [0.29, 0.717) is 28.4 Å². The van der Waals surface area contributed by atoms with Crippen LogP contribution in [0.1, 0.15) is 0 Å². The average Bonchev–Trinajstić information content (AvgIpc) is 3.24. The van der Waals surface area contributed by atoms with Crippen LogP contribution in [0, 0.1) is 5.82 Å². The number of hydrogen-bond acceptors (Lipinski definition) is 7. The standard InChI is InChI=1S/C18H15FN6O2/c1-26-11-5-13(17(19)15(6-11)27-2)23-16-4-3-12-18(25-16)24-14(9-20-12)10-7-21-22-8-10/h3-9H,1-2H3,(H,21,22)(H,23,24,25). The van der Waals surface area contributed by atoms with Crippen LogP contribution in [-0.2, 0) is 0 Å². The van der Waals surface area contributed by atoms with Crippen molar-refractivity contribution in [3.05, 3.63) is 48.7 Å². The number of anilines is 2. The van der Waals surface area contributed by atoms with Crippen molar-refractivity contribution >= 4 is 22.7 Å². The number of aromatic nitrogens is 5. The molecule has 136 valence electrons. The average molecular weight is 366 g/mol. The molecule has 3 aromatic heterocycles. The van der Waals surface area contributed by atoms with Crippen LogP contribution >= 0.6 is 0 Å².